The summed E-state index contributed by atoms with van der Waals surface area (Å²) in [5, 5.41) is 0. The Labute approximate surface area is 123 Å². The van der Waals surface area contributed by atoms with Crippen LogP contribution in [0.15, 0.2) is 24.3 Å². The number of rotatable bonds is 4. The first-order chi connectivity index (χ1) is 9.46. The summed E-state index contributed by atoms with van der Waals surface area (Å²) in [6.45, 7) is 8.79. The zero-order chi connectivity index (χ0) is 16.4. The Bertz CT molecular complexity index is 525. The molecule has 3 nitrogen and oxygen atoms in total. The Hall–Kier alpha value is -1.78. The number of ketones is 1. The lowest BCUT2D eigenvalue weighted by atomic mass is 9.86. The third-order valence-corrected chi connectivity index (χ3v) is 2.90. The minimum atomic E-state index is -4.17. The largest absolute Gasteiger partial charge is 0.458 e. The number of alkyl halides is 2. The van der Waals surface area contributed by atoms with Gasteiger partial charge in [0, 0.05) is 5.56 Å². The number of carbonyl (C=O) groups excluding carboxylic acids is 2. The van der Waals surface area contributed by atoms with Crippen LogP contribution in [0.1, 0.15) is 50.5 Å². The molecule has 0 aliphatic rings. The molecule has 116 valence electrons. The number of benzene rings is 1. The van der Waals surface area contributed by atoms with E-state index < -0.39 is 23.8 Å². The smallest absolute Gasteiger partial charge is 0.404 e. The number of hydrogen-bond donors (Lipinski definition) is 0. The summed E-state index contributed by atoms with van der Waals surface area (Å²) in [4.78, 5) is 23.1. The molecular weight excluding hydrogens is 278 g/mol. The van der Waals surface area contributed by atoms with E-state index in [9.17, 15) is 18.4 Å². The normalized spacial score (nSPS) is 12.4. The summed E-state index contributed by atoms with van der Waals surface area (Å²) in [5.41, 5.74) is 0.543. The molecule has 0 aliphatic carbocycles. The minimum absolute atomic E-state index is 0.152. The van der Waals surface area contributed by atoms with E-state index in [0.29, 0.717) is 0 Å². The molecular formula is C16H20F2O3. The lowest BCUT2D eigenvalue weighted by molar-refractivity contribution is -0.168. The van der Waals surface area contributed by atoms with Gasteiger partial charge in [-0.3, -0.25) is 4.79 Å². The summed E-state index contributed by atoms with van der Waals surface area (Å²) in [6.07, 6.45) is -0.709. The van der Waals surface area contributed by atoms with E-state index in [2.05, 4.69) is 4.74 Å². The van der Waals surface area contributed by atoms with Crippen LogP contribution >= 0.6 is 0 Å². The van der Waals surface area contributed by atoms with E-state index in [1.54, 1.807) is 12.1 Å². The topological polar surface area (TPSA) is 43.4 Å². The number of carbonyl (C=O) groups is 2. The SMILES string of the molecule is CC(C)OC(=O)C(F)(F)C(=O)c1ccc(C(C)(C)C)cc1. The third kappa shape index (κ3) is 4.09. The Morgan fingerprint density at radius 3 is 1.90 bits per heavy atom. The fraction of sp³-hybridized carbons (Fsp3) is 0.500. The predicted octanol–water partition coefficient (Wildman–Crippen LogP) is 3.75. The van der Waals surface area contributed by atoms with Crippen LogP contribution in [0, 0.1) is 0 Å². The van der Waals surface area contributed by atoms with Crippen molar-refractivity contribution in [2.24, 2.45) is 0 Å². The molecule has 0 spiro atoms. The number of halogens is 2. The molecule has 0 atom stereocenters. The van der Waals surface area contributed by atoms with Gasteiger partial charge in [-0.25, -0.2) is 4.79 Å². The fourth-order valence-electron chi connectivity index (χ4n) is 1.68. The predicted molar refractivity (Wildman–Crippen MR) is 75.6 cm³/mol. The maximum Gasteiger partial charge on any atom is 0.404 e. The molecule has 0 unspecified atom stereocenters. The lowest BCUT2D eigenvalue weighted by Gasteiger charge is -2.20. The summed E-state index contributed by atoms with van der Waals surface area (Å²) in [5.74, 6) is -7.54. The van der Waals surface area contributed by atoms with Crippen molar-refractivity contribution < 1.29 is 23.1 Å². The highest BCUT2D eigenvalue weighted by molar-refractivity contribution is 6.13. The van der Waals surface area contributed by atoms with Crippen molar-refractivity contribution in [3.8, 4) is 0 Å². The number of esters is 1. The van der Waals surface area contributed by atoms with E-state index >= 15 is 0 Å². The van der Waals surface area contributed by atoms with E-state index in [1.807, 2.05) is 20.8 Å². The molecule has 0 bridgehead atoms. The molecule has 1 rings (SSSR count). The first-order valence-corrected chi connectivity index (χ1v) is 6.70. The zero-order valence-electron chi connectivity index (χ0n) is 12.9. The molecule has 0 amide bonds. The van der Waals surface area contributed by atoms with Crippen molar-refractivity contribution in [2.75, 3.05) is 0 Å². The molecule has 0 saturated carbocycles. The van der Waals surface area contributed by atoms with Crippen LogP contribution in [0.5, 0.6) is 0 Å². The molecule has 0 radical (unpaired) electrons. The molecule has 0 aliphatic heterocycles. The van der Waals surface area contributed by atoms with Crippen molar-refractivity contribution >= 4 is 11.8 Å². The third-order valence-electron chi connectivity index (χ3n) is 2.90. The number of hydrogen-bond acceptors (Lipinski definition) is 3. The van der Waals surface area contributed by atoms with Gasteiger partial charge in [-0.2, -0.15) is 8.78 Å². The van der Waals surface area contributed by atoms with Crippen LogP contribution in [0.2, 0.25) is 0 Å². The number of Topliss-reactive ketones (excluding diaryl/α,β-unsaturated/α-hetero) is 1. The van der Waals surface area contributed by atoms with Crippen LogP contribution in [0.3, 0.4) is 0 Å². The molecule has 0 fully saturated rings. The average molecular weight is 298 g/mol. The highest BCUT2D eigenvalue weighted by Gasteiger charge is 2.49. The lowest BCUT2D eigenvalue weighted by Crippen LogP contribution is -2.40. The van der Waals surface area contributed by atoms with Crippen LogP contribution in [-0.4, -0.2) is 23.8 Å². The Balaban J connectivity index is 3.00. The quantitative estimate of drug-likeness (QED) is 0.483. The molecule has 1 aromatic carbocycles. The van der Waals surface area contributed by atoms with Gasteiger partial charge in [-0.05, 0) is 24.8 Å². The van der Waals surface area contributed by atoms with Gasteiger partial charge in [0.1, 0.15) is 0 Å². The Kier molecular flexibility index (Phi) is 4.87. The highest BCUT2D eigenvalue weighted by Crippen LogP contribution is 2.26. The molecule has 0 N–H and O–H groups in total. The van der Waals surface area contributed by atoms with E-state index in [4.69, 9.17) is 0 Å². The molecule has 0 saturated heterocycles. The van der Waals surface area contributed by atoms with Crippen molar-refractivity contribution in [3.05, 3.63) is 35.4 Å². The van der Waals surface area contributed by atoms with Gasteiger partial charge in [0.05, 0.1) is 6.10 Å². The van der Waals surface area contributed by atoms with Crippen molar-refractivity contribution in [3.63, 3.8) is 0 Å². The van der Waals surface area contributed by atoms with Gasteiger partial charge in [-0.15, -0.1) is 0 Å². The van der Waals surface area contributed by atoms with Crippen LogP contribution < -0.4 is 0 Å². The van der Waals surface area contributed by atoms with Crippen LogP contribution in [0.4, 0.5) is 8.78 Å². The second-order valence-electron chi connectivity index (χ2n) is 6.18. The van der Waals surface area contributed by atoms with Crippen molar-refractivity contribution in [2.45, 2.75) is 52.1 Å². The van der Waals surface area contributed by atoms with Gasteiger partial charge >= 0.3 is 11.9 Å². The second-order valence-corrected chi connectivity index (χ2v) is 6.18. The molecule has 21 heavy (non-hydrogen) atoms. The standard InChI is InChI=1S/C16H20F2O3/c1-10(2)21-14(20)16(17,18)13(19)11-6-8-12(9-7-11)15(3,4)5/h6-10H,1-5H3. The van der Waals surface area contributed by atoms with E-state index in [0.717, 1.165) is 5.56 Å². The first kappa shape index (κ1) is 17.3. The summed E-state index contributed by atoms with van der Waals surface area (Å²) >= 11 is 0. The zero-order valence-corrected chi connectivity index (χ0v) is 12.9. The highest BCUT2D eigenvalue weighted by atomic mass is 19.3. The second kappa shape index (κ2) is 5.92. The fourth-order valence-corrected chi connectivity index (χ4v) is 1.68. The summed E-state index contributed by atoms with van der Waals surface area (Å²) in [6, 6.07) is 5.83. The van der Waals surface area contributed by atoms with Gasteiger partial charge in [0.15, 0.2) is 0 Å². The van der Waals surface area contributed by atoms with E-state index in [-0.39, 0.29) is 11.0 Å². The van der Waals surface area contributed by atoms with Crippen molar-refractivity contribution in [1.82, 2.24) is 0 Å². The minimum Gasteiger partial charge on any atom is -0.458 e. The van der Waals surface area contributed by atoms with Crippen molar-refractivity contribution in [1.29, 1.82) is 0 Å². The van der Waals surface area contributed by atoms with Gasteiger partial charge in [-0.1, -0.05) is 45.0 Å². The summed E-state index contributed by atoms with van der Waals surface area (Å²) < 4.78 is 32.0. The Morgan fingerprint density at radius 1 is 1.05 bits per heavy atom. The molecule has 0 aromatic heterocycles. The van der Waals surface area contributed by atoms with Gasteiger partial charge in [0.25, 0.3) is 0 Å². The maximum atomic E-state index is 13.8. The number of ether oxygens (including phenoxy) is 1. The summed E-state index contributed by atoms with van der Waals surface area (Å²) in [7, 11) is 0. The van der Waals surface area contributed by atoms with E-state index in [1.165, 1.54) is 26.0 Å². The van der Waals surface area contributed by atoms with Crippen LogP contribution in [-0.2, 0) is 14.9 Å². The van der Waals surface area contributed by atoms with Gasteiger partial charge in [0.2, 0.25) is 5.78 Å². The Morgan fingerprint density at radius 2 is 1.52 bits per heavy atom. The van der Waals surface area contributed by atoms with Gasteiger partial charge < -0.3 is 4.74 Å². The average Bonchev–Trinajstić information content (AvgIpc) is 2.36. The van der Waals surface area contributed by atoms with Crippen LogP contribution in [0.25, 0.3) is 0 Å². The monoisotopic (exact) mass is 298 g/mol. The molecule has 1 aromatic rings. The maximum absolute atomic E-state index is 13.8. The molecule has 0 heterocycles. The molecule has 5 heteroatoms. The first-order valence-electron chi connectivity index (χ1n) is 6.70.